The maximum absolute atomic E-state index is 9.72. The molecule has 3 nitrogen and oxygen atoms in total. The van der Waals surface area contributed by atoms with Gasteiger partial charge in [-0.3, -0.25) is 0 Å². The molecule has 0 spiro atoms. The van der Waals surface area contributed by atoms with Gasteiger partial charge >= 0.3 is 0 Å². The summed E-state index contributed by atoms with van der Waals surface area (Å²) in [6, 6.07) is 15.9. The lowest BCUT2D eigenvalue weighted by atomic mass is 10.0. The normalized spacial score (nSPS) is 17.5. The van der Waals surface area contributed by atoms with Crippen LogP contribution in [0.4, 0.5) is 0 Å². The van der Waals surface area contributed by atoms with E-state index in [1.54, 1.807) is 13.0 Å². The fourth-order valence-electron chi connectivity index (χ4n) is 3.43. The lowest BCUT2D eigenvalue weighted by Gasteiger charge is -2.19. The van der Waals surface area contributed by atoms with Crippen molar-refractivity contribution >= 4 is 23.2 Å². The van der Waals surface area contributed by atoms with Crippen molar-refractivity contribution in [1.29, 1.82) is 0 Å². The average Bonchev–Trinajstić information content (AvgIpc) is 2.98. The van der Waals surface area contributed by atoms with Crippen LogP contribution in [0.15, 0.2) is 54.7 Å². The Kier molecular flexibility index (Phi) is 4.34. The number of benzene rings is 2. The molecule has 0 saturated heterocycles. The molecule has 5 heteroatoms. The van der Waals surface area contributed by atoms with Crippen molar-refractivity contribution in [2.24, 2.45) is 0 Å². The molecule has 0 radical (unpaired) electrons. The van der Waals surface area contributed by atoms with Crippen LogP contribution in [0.25, 0.3) is 5.69 Å². The lowest BCUT2D eigenvalue weighted by molar-refractivity contribution is 0.199. The number of aliphatic hydroxyl groups excluding tert-OH is 1. The van der Waals surface area contributed by atoms with Crippen molar-refractivity contribution in [3.63, 3.8) is 0 Å². The number of rotatable bonds is 2. The molecule has 1 aliphatic heterocycles. The Hall–Kier alpha value is -1.78. The average molecular weight is 373 g/mol. The van der Waals surface area contributed by atoms with Gasteiger partial charge in [-0.15, -0.1) is 0 Å². The third-order valence-electron chi connectivity index (χ3n) is 4.67. The monoisotopic (exact) mass is 372 g/mol. The largest absolute Gasteiger partial charge is 0.389 e. The molecule has 1 aliphatic rings. The highest BCUT2D eigenvalue weighted by atomic mass is 35.5. The third kappa shape index (κ3) is 2.98. The number of nitrogens with zero attached hydrogens (tertiary/aromatic N) is 1. The molecule has 2 unspecified atom stereocenters. The summed E-state index contributed by atoms with van der Waals surface area (Å²) in [5.74, 6) is 0. The molecule has 2 aromatic carbocycles. The SMILES string of the molecule is CC(O)c1ccc(C2NCc3cc(Cl)cc(Cl)c3-n3cccc32)cc1. The topological polar surface area (TPSA) is 37.2 Å². The summed E-state index contributed by atoms with van der Waals surface area (Å²) < 4.78 is 2.13. The second-order valence-electron chi connectivity index (χ2n) is 6.35. The summed E-state index contributed by atoms with van der Waals surface area (Å²) in [7, 11) is 0. The van der Waals surface area contributed by atoms with Gasteiger partial charge in [-0.1, -0.05) is 47.5 Å². The predicted molar refractivity (Wildman–Crippen MR) is 102 cm³/mol. The molecule has 0 amide bonds. The van der Waals surface area contributed by atoms with Crippen LogP contribution in [0.2, 0.25) is 10.0 Å². The Morgan fingerprint density at radius 2 is 1.92 bits per heavy atom. The predicted octanol–water partition coefficient (Wildman–Crippen LogP) is 5.03. The zero-order chi connectivity index (χ0) is 17.6. The maximum atomic E-state index is 9.72. The number of aliphatic hydroxyl groups is 1. The van der Waals surface area contributed by atoms with E-state index >= 15 is 0 Å². The summed E-state index contributed by atoms with van der Waals surface area (Å²) in [6.45, 7) is 2.44. The number of nitrogens with one attached hydrogen (secondary N) is 1. The second-order valence-corrected chi connectivity index (χ2v) is 7.20. The number of hydrogen-bond acceptors (Lipinski definition) is 2. The van der Waals surface area contributed by atoms with E-state index in [0.29, 0.717) is 16.6 Å². The zero-order valence-corrected chi connectivity index (χ0v) is 15.2. The second kappa shape index (κ2) is 6.50. The van der Waals surface area contributed by atoms with Crippen LogP contribution >= 0.6 is 23.2 Å². The summed E-state index contributed by atoms with van der Waals surface area (Å²) in [5.41, 5.74) is 5.21. The van der Waals surface area contributed by atoms with E-state index in [2.05, 4.69) is 28.1 Å². The molecule has 0 bridgehead atoms. The summed E-state index contributed by atoms with van der Waals surface area (Å²) >= 11 is 12.7. The summed E-state index contributed by atoms with van der Waals surface area (Å²) in [4.78, 5) is 0. The minimum atomic E-state index is -0.467. The van der Waals surface area contributed by atoms with E-state index in [1.165, 1.54) is 0 Å². The van der Waals surface area contributed by atoms with Crippen LogP contribution in [-0.4, -0.2) is 9.67 Å². The zero-order valence-electron chi connectivity index (χ0n) is 13.7. The Balaban J connectivity index is 1.81. The standard InChI is InChI=1S/C20H18Cl2N2O/c1-12(25)13-4-6-14(7-5-13)19-18-3-2-8-24(18)20-15(11-23-19)9-16(21)10-17(20)22/h2-10,12,19,23,25H,11H2,1H3. The Morgan fingerprint density at radius 1 is 1.16 bits per heavy atom. The molecule has 2 atom stereocenters. The molecule has 2 N–H and O–H groups in total. The van der Waals surface area contributed by atoms with Gasteiger partial charge < -0.3 is 15.0 Å². The number of fused-ring (bicyclic) bond motifs is 3. The van der Waals surface area contributed by atoms with E-state index in [-0.39, 0.29) is 6.04 Å². The first-order chi connectivity index (χ1) is 12.0. The first-order valence-electron chi connectivity index (χ1n) is 8.21. The highest BCUT2D eigenvalue weighted by Gasteiger charge is 2.24. The number of hydrogen-bond donors (Lipinski definition) is 2. The van der Waals surface area contributed by atoms with Crippen LogP contribution in [0.3, 0.4) is 0 Å². The number of halogens is 2. The molecule has 128 valence electrons. The maximum Gasteiger partial charge on any atom is 0.0761 e. The molecule has 0 saturated carbocycles. The highest BCUT2D eigenvalue weighted by molar-refractivity contribution is 6.36. The third-order valence-corrected chi connectivity index (χ3v) is 5.18. The first-order valence-corrected chi connectivity index (χ1v) is 8.97. The van der Waals surface area contributed by atoms with E-state index in [1.807, 2.05) is 30.5 Å². The molecule has 3 aromatic rings. The van der Waals surface area contributed by atoms with Crippen LogP contribution in [0, 0.1) is 0 Å². The van der Waals surface area contributed by atoms with Crippen LogP contribution in [-0.2, 0) is 6.54 Å². The fourth-order valence-corrected chi connectivity index (χ4v) is 4.06. The van der Waals surface area contributed by atoms with Crippen molar-refractivity contribution in [1.82, 2.24) is 9.88 Å². The van der Waals surface area contributed by atoms with Gasteiger partial charge in [-0.05, 0) is 47.9 Å². The van der Waals surface area contributed by atoms with Gasteiger partial charge in [-0.25, -0.2) is 0 Å². The van der Waals surface area contributed by atoms with Gasteiger partial charge in [0.25, 0.3) is 0 Å². The van der Waals surface area contributed by atoms with E-state index < -0.39 is 6.10 Å². The van der Waals surface area contributed by atoms with Crippen molar-refractivity contribution < 1.29 is 5.11 Å². The molecular weight excluding hydrogens is 355 g/mol. The van der Waals surface area contributed by atoms with Gasteiger partial charge in [0, 0.05) is 23.5 Å². The molecule has 4 rings (SSSR count). The minimum Gasteiger partial charge on any atom is -0.389 e. The fraction of sp³-hybridized carbons (Fsp3) is 0.200. The van der Waals surface area contributed by atoms with Gasteiger partial charge in [-0.2, -0.15) is 0 Å². The van der Waals surface area contributed by atoms with Crippen LogP contribution in [0.1, 0.15) is 41.5 Å². The molecule has 0 fully saturated rings. The highest BCUT2D eigenvalue weighted by Crippen LogP contribution is 2.36. The summed E-state index contributed by atoms with van der Waals surface area (Å²) in [6.07, 6.45) is 1.56. The quantitative estimate of drug-likeness (QED) is 0.661. The smallest absolute Gasteiger partial charge is 0.0761 e. The van der Waals surface area contributed by atoms with Gasteiger partial charge in [0.05, 0.1) is 22.9 Å². The Labute approximate surface area is 156 Å². The van der Waals surface area contributed by atoms with Crippen LogP contribution in [0.5, 0.6) is 0 Å². The van der Waals surface area contributed by atoms with Crippen molar-refractivity contribution in [2.45, 2.75) is 25.6 Å². The summed E-state index contributed by atoms with van der Waals surface area (Å²) in [5, 5.41) is 14.6. The first kappa shape index (κ1) is 16.7. The Morgan fingerprint density at radius 3 is 2.64 bits per heavy atom. The van der Waals surface area contributed by atoms with Gasteiger partial charge in [0.15, 0.2) is 0 Å². The molecule has 25 heavy (non-hydrogen) atoms. The van der Waals surface area contributed by atoms with E-state index in [9.17, 15) is 5.11 Å². The molecule has 2 heterocycles. The Bertz CT molecular complexity index is 916. The van der Waals surface area contributed by atoms with E-state index in [4.69, 9.17) is 23.2 Å². The van der Waals surface area contributed by atoms with Crippen molar-refractivity contribution in [3.8, 4) is 5.69 Å². The number of aromatic nitrogens is 1. The molecular formula is C20H18Cl2N2O. The van der Waals surface area contributed by atoms with E-state index in [0.717, 1.165) is 28.1 Å². The van der Waals surface area contributed by atoms with Crippen molar-refractivity contribution in [2.75, 3.05) is 0 Å². The molecule has 0 aliphatic carbocycles. The minimum absolute atomic E-state index is 0.0280. The van der Waals surface area contributed by atoms with Gasteiger partial charge in [0.1, 0.15) is 0 Å². The lowest BCUT2D eigenvalue weighted by Crippen LogP contribution is -2.21. The van der Waals surface area contributed by atoms with Gasteiger partial charge in [0.2, 0.25) is 0 Å². The molecule has 1 aromatic heterocycles. The van der Waals surface area contributed by atoms with Crippen molar-refractivity contribution in [3.05, 3.63) is 87.2 Å². The van der Waals surface area contributed by atoms with Crippen LogP contribution < -0.4 is 5.32 Å².